The number of hydrogen-bond donors (Lipinski definition) is 1. The molecule has 2 N–H and O–H groups in total. The first-order valence-corrected chi connectivity index (χ1v) is 5.96. The van der Waals surface area contributed by atoms with E-state index in [9.17, 15) is 4.39 Å². The van der Waals surface area contributed by atoms with Gasteiger partial charge in [-0.15, -0.1) is 0 Å². The quantitative estimate of drug-likeness (QED) is 0.897. The topological polar surface area (TPSA) is 74.2 Å². The van der Waals surface area contributed by atoms with Crippen molar-refractivity contribution in [3.8, 4) is 11.4 Å². The number of rotatable bonds is 5. The van der Waals surface area contributed by atoms with E-state index in [0.717, 1.165) is 5.56 Å². The zero-order chi connectivity index (χ0) is 13.8. The van der Waals surface area contributed by atoms with Gasteiger partial charge in [0, 0.05) is 19.3 Å². The second kappa shape index (κ2) is 5.90. The van der Waals surface area contributed by atoms with Crippen molar-refractivity contribution in [1.82, 2.24) is 10.1 Å². The number of nitrogens with zero attached hydrogens (tertiary/aromatic N) is 2. The molecule has 1 aromatic heterocycles. The molecule has 0 fully saturated rings. The highest BCUT2D eigenvalue weighted by Crippen LogP contribution is 2.21. The van der Waals surface area contributed by atoms with Crippen LogP contribution in [0.2, 0.25) is 0 Å². The fraction of sp³-hybridized carbons (Fsp3) is 0.385. The van der Waals surface area contributed by atoms with Gasteiger partial charge in [-0.05, 0) is 37.1 Å². The second-order valence-corrected chi connectivity index (χ2v) is 4.36. The van der Waals surface area contributed by atoms with Crippen LogP contribution in [0.15, 0.2) is 22.7 Å². The number of halogens is 1. The highest BCUT2D eigenvalue weighted by Gasteiger charge is 2.16. The van der Waals surface area contributed by atoms with E-state index in [4.69, 9.17) is 15.0 Å². The summed E-state index contributed by atoms with van der Waals surface area (Å²) in [7, 11) is 1.60. The van der Waals surface area contributed by atoms with E-state index in [0.29, 0.717) is 30.3 Å². The minimum atomic E-state index is -0.379. The van der Waals surface area contributed by atoms with E-state index in [2.05, 4.69) is 10.1 Å². The van der Waals surface area contributed by atoms with Crippen LogP contribution in [0.3, 0.4) is 0 Å². The van der Waals surface area contributed by atoms with E-state index >= 15 is 0 Å². The lowest BCUT2D eigenvalue weighted by molar-refractivity contribution is 0.182. The van der Waals surface area contributed by atoms with Crippen LogP contribution in [-0.2, 0) is 4.74 Å². The van der Waals surface area contributed by atoms with E-state index < -0.39 is 0 Å². The minimum absolute atomic E-state index is 0.328. The third-order valence-corrected chi connectivity index (χ3v) is 2.69. The van der Waals surface area contributed by atoms with Crippen LogP contribution in [0, 0.1) is 12.7 Å². The summed E-state index contributed by atoms with van der Waals surface area (Å²) in [4.78, 5) is 4.19. The summed E-state index contributed by atoms with van der Waals surface area (Å²) < 4.78 is 23.3. The number of aromatic nitrogens is 2. The highest BCUT2D eigenvalue weighted by atomic mass is 19.1. The highest BCUT2D eigenvalue weighted by molar-refractivity contribution is 5.55. The van der Waals surface area contributed by atoms with E-state index in [-0.39, 0.29) is 11.9 Å². The molecule has 1 aromatic carbocycles. The molecule has 0 aliphatic carbocycles. The zero-order valence-corrected chi connectivity index (χ0v) is 10.9. The standard InChI is InChI=1S/C13H16FN3O2/c1-8-5-9(7-10(14)6-8)12-16-13(19-17-12)11(15)3-4-18-2/h5-7,11H,3-4,15H2,1-2H3. The first-order chi connectivity index (χ1) is 9.10. The summed E-state index contributed by atoms with van der Waals surface area (Å²) in [5.41, 5.74) is 7.25. The van der Waals surface area contributed by atoms with Gasteiger partial charge in [0.25, 0.3) is 0 Å². The Balaban J connectivity index is 2.20. The van der Waals surface area contributed by atoms with Crippen molar-refractivity contribution >= 4 is 0 Å². The normalized spacial score (nSPS) is 12.6. The van der Waals surface area contributed by atoms with Gasteiger partial charge in [0.1, 0.15) is 5.82 Å². The summed E-state index contributed by atoms with van der Waals surface area (Å²) in [6.07, 6.45) is 0.584. The molecule has 0 saturated heterocycles. The smallest absolute Gasteiger partial charge is 0.243 e. The molecule has 1 unspecified atom stereocenters. The fourth-order valence-corrected chi connectivity index (χ4v) is 1.74. The molecule has 0 bridgehead atoms. The lowest BCUT2D eigenvalue weighted by Crippen LogP contribution is -2.12. The number of benzene rings is 1. The first kappa shape index (κ1) is 13.6. The zero-order valence-electron chi connectivity index (χ0n) is 10.9. The lowest BCUT2D eigenvalue weighted by Gasteiger charge is -2.04. The van der Waals surface area contributed by atoms with Crippen LogP contribution in [0.1, 0.15) is 23.9 Å². The summed E-state index contributed by atoms with van der Waals surface area (Å²) in [6, 6.07) is 4.21. The minimum Gasteiger partial charge on any atom is -0.385 e. The van der Waals surface area contributed by atoms with Gasteiger partial charge < -0.3 is 15.0 Å². The molecule has 2 aromatic rings. The van der Waals surface area contributed by atoms with Crippen LogP contribution < -0.4 is 5.73 Å². The average Bonchev–Trinajstić information content (AvgIpc) is 2.84. The fourth-order valence-electron chi connectivity index (χ4n) is 1.74. The Morgan fingerprint density at radius 1 is 1.42 bits per heavy atom. The Bertz CT molecular complexity index is 536. The van der Waals surface area contributed by atoms with E-state index in [1.54, 1.807) is 20.1 Å². The number of ether oxygens (including phenoxy) is 1. The van der Waals surface area contributed by atoms with Gasteiger partial charge in [0.15, 0.2) is 0 Å². The molecule has 0 amide bonds. The van der Waals surface area contributed by atoms with Crippen LogP contribution in [0.5, 0.6) is 0 Å². The SMILES string of the molecule is COCCC(N)c1nc(-c2cc(C)cc(F)c2)no1. The lowest BCUT2D eigenvalue weighted by atomic mass is 10.1. The summed E-state index contributed by atoms with van der Waals surface area (Å²) >= 11 is 0. The molecule has 0 aliphatic heterocycles. The van der Waals surface area contributed by atoms with Crippen molar-refractivity contribution in [3.05, 3.63) is 35.5 Å². The summed E-state index contributed by atoms with van der Waals surface area (Å²) in [6.45, 7) is 2.32. The monoisotopic (exact) mass is 265 g/mol. The Morgan fingerprint density at radius 2 is 2.21 bits per heavy atom. The predicted molar refractivity (Wildman–Crippen MR) is 67.9 cm³/mol. The molecule has 0 aliphatic rings. The van der Waals surface area contributed by atoms with Gasteiger partial charge in [0.2, 0.25) is 11.7 Å². The molecular formula is C13H16FN3O2. The van der Waals surface area contributed by atoms with E-state index in [1.165, 1.54) is 12.1 Å². The molecule has 5 nitrogen and oxygen atoms in total. The Kier molecular flexibility index (Phi) is 4.24. The molecule has 102 valence electrons. The number of aryl methyl sites for hydroxylation is 1. The van der Waals surface area contributed by atoms with Crippen LogP contribution in [-0.4, -0.2) is 23.9 Å². The van der Waals surface area contributed by atoms with E-state index in [1.807, 2.05) is 0 Å². The Labute approximate surface area is 110 Å². The summed E-state index contributed by atoms with van der Waals surface area (Å²) in [5, 5.41) is 3.82. The number of methoxy groups -OCH3 is 1. The molecule has 2 rings (SSSR count). The van der Waals surface area contributed by atoms with Gasteiger partial charge in [-0.3, -0.25) is 0 Å². The van der Waals surface area contributed by atoms with Crippen molar-refractivity contribution in [2.75, 3.05) is 13.7 Å². The Hall–Kier alpha value is -1.79. The molecule has 1 heterocycles. The molecule has 0 spiro atoms. The van der Waals surface area contributed by atoms with Crippen molar-refractivity contribution < 1.29 is 13.7 Å². The molecule has 6 heteroatoms. The first-order valence-electron chi connectivity index (χ1n) is 5.96. The molecule has 0 radical (unpaired) electrons. The average molecular weight is 265 g/mol. The van der Waals surface area contributed by atoms with Gasteiger partial charge in [-0.25, -0.2) is 4.39 Å². The van der Waals surface area contributed by atoms with Gasteiger partial charge >= 0.3 is 0 Å². The van der Waals surface area contributed by atoms with Gasteiger partial charge in [0.05, 0.1) is 6.04 Å². The molecule has 0 saturated carbocycles. The molecule has 19 heavy (non-hydrogen) atoms. The maximum atomic E-state index is 13.3. The third kappa shape index (κ3) is 3.36. The van der Waals surface area contributed by atoms with Crippen LogP contribution in [0.4, 0.5) is 4.39 Å². The maximum absolute atomic E-state index is 13.3. The number of hydrogen-bond acceptors (Lipinski definition) is 5. The van der Waals surface area contributed by atoms with Crippen molar-refractivity contribution in [1.29, 1.82) is 0 Å². The van der Waals surface area contributed by atoms with Gasteiger partial charge in [-0.1, -0.05) is 5.16 Å². The predicted octanol–water partition coefficient (Wildman–Crippen LogP) is 2.22. The summed E-state index contributed by atoms with van der Waals surface area (Å²) in [5.74, 6) is 0.337. The van der Waals surface area contributed by atoms with Crippen LogP contribution in [0.25, 0.3) is 11.4 Å². The van der Waals surface area contributed by atoms with Gasteiger partial charge in [-0.2, -0.15) is 4.98 Å². The van der Waals surface area contributed by atoms with Crippen molar-refractivity contribution in [2.24, 2.45) is 5.73 Å². The van der Waals surface area contributed by atoms with Crippen molar-refractivity contribution in [2.45, 2.75) is 19.4 Å². The third-order valence-electron chi connectivity index (χ3n) is 2.69. The molecular weight excluding hydrogens is 249 g/mol. The number of nitrogens with two attached hydrogens (primary N) is 1. The molecule has 1 atom stereocenters. The largest absolute Gasteiger partial charge is 0.385 e. The maximum Gasteiger partial charge on any atom is 0.243 e. The Morgan fingerprint density at radius 3 is 2.89 bits per heavy atom. The second-order valence-electron chi connectivity index (χ2n) is 4.36. The van der Waals surface area contributed by atoms with Crippen LogP contribution >= 0.6 is 0 Å². The van der Waals surface area contributed by atoms with Crippen molar-refractivity contribution in [3.63, 3.8) is 0 Å².